The van der Waals surface area contributed by atoms with Crippen molar-refractivity contribution in [3.05, 3.63) is 47.9 Å². The molecule has 1 aromatic heterocycles. The molecule has 2 unspecified atom stereocenters. The molecule has 32 heavy (non-hydrogen) atoms. The Labute approximate surface area is 198 Å². The van der Waals surface area contributed by atoms with E-state index in [-0.39, 0.29) is 0 Å². The van der Waals surface area contributed by atoms with E-state index < -0.39 is 25.2 Å². The topological polar surface area (TPSA) is 68.7 Å². The van der Waals surface area contributed by atoms with Gasteiger partial charge in [0.1, 0.15) is 16.7 Å². The van der Waals surface area contributed by atoms with Crippen molar-refractivity contribution in [2.75, 3.05) is 32.2 Å². The molecule has 0 bridgehead atoms. The van der Waals surface area contributed by atoms with Crippen molar-refractivity contribution >= 4 is 37.9 Å². The second-order valence-electron chi connectivity index (χ2n) is 8.21. The van der Waals surface area contributed by atoms with Gasteiger partial charge in [-0.1, -0.05) is 24.3 Å². The maximum Gasteiger partial charge on any atom is 0.185 e. The van der Waals surface area contributed by atoms with Crippen molar-refractivity contribution in [2.24, 2.45) is 0 Å². The van der Waals surface area contributed by atoms with Gasteiger partial charge < -0.3 is 14.4 Å². The number of hydrogen-bond acceptors (Lipinski definition) is 7. The van der Waals surface area contributed by atoms with Crippen LogP contribution in [0.25, 0.3) is 11.3 Å². The van der Waals surface area contributed by atoms with E-state index in [4.69, 9.17) is 26.1 Å². The highest BCUT2D eigenvalue weighted by molar-refractivity contribution is 7.93. The fourth-order valence-electron chi connectivity index (χ4n) is 4.20. The summed E-state index contributed by atoms with van der Waals surface area (Å²) in [4.78, 5) is 6.05. The molecule has 1 saturated heterocycles. The van der Waals surface area contributed by atoms with Gasteiger partial charge in [0.25, 0.3) is 0 Å². The zero-order valence-corrected chi connectivity index (χ0v) is 20.7. The van der Waals surface area contributed by atoms with E-state index >= 15 is 0 Å². The van der Waals surface area contributed by atoms with Crippen LogP contribution in [-0.4, -0.2) is 56.1 Å². The van der Waals surface area contributed by atoms with Crippen molar-refractivity contribution in [3.8, 4) is 22.8 Å². The fraction of sp³-hybridized carbons (Fsp3) is 0.435. The summed E-state index contributed by atoms with van der Waals surface area (Å²) in [6, 6.07) is 5.68. The van der Waals surface area contributed by atoms with Crippen LogP contribution in [0, 0.1) is 0 Å². The number of allylic oxidation sites excluding steroid dienone is 3. The van der Waals surface area contributed by atoms with E-state index in [1.165, 1.54) is 0 Å². The van der Waals surface area contributed by atoms with Gasteiger partial charge in [0, 0.05) is 30.1 Å². The maximum atomic E-state index is 13.3. The van der Waals surface area contributed by atoms with E-state index in [0.29, 0.717) is 37.4 Å². The zero-order chi connectivity index (χ0) is 22.9. The lowest BCUT2D eigenvalue weighted by Crippen LogP contribution is -2.47. The molecule has 4 rings (SSSR count). The molecule has 2 heterocycles. The van der Waals surface area contributed by atoms with Crippen LogP contribution in [0.3, 0.4) is 0 Å². The third kappa shape index (κ3) is 4.54. The van der Waals surface area contributed by atoms with E-state index in [1.54, 1.807) is 56.8 Å². The van der Waals surface area contributed by atoms with Crippen molar-refractivity contribution in [1.82, 2.24) is 4.98 Å². The highest BCUT2D eigenvalue weighted by Gasteiger charge is 2.44. The third-order valence-electron chi connectivity index (χ3n) is 6.05. The minimum Gasteiger partial charge on any atom is -0.497 e. The largest absolute Gasteiger partial charge is 0.497 e. The molecule has 2 atom stereocenters. The second kappa shape index (κ2) is 9.08. The lowest BCUT2D eigenvalue weighted by molar-refractivity contribution is 0.394. The van der Waals surface area contributed by atoms with Crippen LogP contribution < -0.4 is 14.4 Å². The minimum absolute atomic E-state index is 0.403. The molecular weight excluding hydrogens is 468 g/mol. The first-order valence-corrected chi connectivity index (χ1v) is 13.3. The van der Waals surface area contributed by atoms with Gasteiger partial charge in [-0.25, -0.2) is 13.4 Å². The van der Waals surface area contributed by atoms with Crippen LogP contribution in [0.15, 0.2) is 47.9 Å². The van der Waals surface area contributed by atoms with Gasteiger partial charge >= 0.3 is 0 Å². The molecule has 1 fully saturated rings. The highest BCUT2D eigenvalue weighted by atomic mass is 35.5. The molecule has 2 aromatic rings. The zero-order valence-electron chi connectivity index (χ0n) is 18.3. The van der Waals surface area contributed by atoms with Gasteiger partial charge in [0.2, 0.25) is 0 Å². The molecule has 0 saturated carbocycles. The molecule has 2 aliphatic rings. The number of alkyl halides is 1. The number of ether oxygens (including phenoxy) is 2. The number of halogens is 1. The van der Waals surface area contributed by atoms with Gasteiger partial charge in [-0.3, -0.25) is 0 Å². The Balaban J connectivity index is 1.46. The molecule has 1 aliphatic heterocycles. The van der Waals surface area contributed by atoms with Crippen molar-refractivity contribution in [1.29, 1.82) is 0 Å². The van der Waals surface area contributed by atoms with Crippen LogP contribution in [0.2, 0.25) is 0 Å². The first-order chi connectivity index (χ1) is 15.2. The quantitative estimate of drug-likeness (QED) is 0.542. The Hall–Kier alpha value is -2.03. The Bertz CT molecular complexity index is 1110. The molecule has 9 heteroatoms. The number of piperidine rings is 1. The van der Waals surface area contributed by atoms with Crippen molar-refractivity contribution < 1.29 is 17.9 Å². The van der Waals surface area contributed by atoms with Crippen LogP contribution in [0.4, 0.5) is 5.13 Å². The Morgan fingerprint density at radius 1 is 1.12 bits per heavy atom. The van der Waals surface area contributed by atoms with Gasteiger partial charge in [0.05, 0.1) is 30.0 Å². The lowest BCUT2D eigenvalue weighted by Gasteiger charge is -2.36. The summed E-state index contributed by atoms with van der Waals surface area (Å²) in [6.07, 6.45) is 8.17. The van der Waals surface area contributed by atoms with Crippen LogP contribution >= 0.6 is 22.9 Å². The number of hydrogen-bond donors (Lipinski definition) is 0. The van der Waals surface area contributed by atoms with Gasteiger partial charge in [-0.05, 0) is 31.9 Å². The summed E-state index contributed by atoms with van der Waals surface area (Å²) in [5.41, 5.74) is 1.76. The number of rotatable bonds is 6. The molecule has 0 amide bonds. The summed E-state index contributed by atoms with van der Waals surface area (Å²) >= 11 is 8.07. The first kappa shape index (κ1) is 23.1. The van der Waals surface area contributed by atoms with E-state index in [2.05, 4.69) is 4.90 Å². The Morgan fingerprint density at radius 3 is 2.38 bits per heavy atom. The Kier molecular flexibility index (Phi) is 6.56. The molecule has 6 nitrogen and oxygen atoms in total. The smallest absolute Gasteiger partial charge is 0.185 e. The number of anilines is 1. The number of methoxy groups -OCH3 is 2. The standard InChI is InChI=1S/C23H27ClN2O4S2/c1-23(24)9-5-4-6-21(23)32(27,28)19-7-10-26(11-8-19)22-25-20(15-31-22)16-12-17(29-2)14-18(13-16)30-3/h4-6,9,12-15,19,21H,7-8,10-11H2,1-3H3. The normalized spacial score (nSPS) is 24.0. The minimum atomic E-state index is -3.39. The Morgan fingerprint density at radius 2 is 1.78 bits per heavy atom. The average molecular weight is 495 g/mol. The molecule has 0 spiro atoms. The van der Waals surface area contributed by atoms with E-state index in [1.807, 2.05) is 23.6 Å². The maximum absolute atomic E-state index is 13.3. The van der Waals surface area contributed by atoms with Gasteiger partial charge in [-0.15, -0.1) is 22.9 Å². The third-order valence-corrected chi connectivity index (χ3v) is 10.2. The summed E-state index contributed by atoms with van der Waals surface area (Å²) in [5.74, 6) is 1.41. The van der Waals surface area contributed by atoms with Gasteiger partial charge in [-0.2, -0.15) is 0 Å². The highest BCUT2D eigenvalue weighted by Crippen LogP contribution is 2.37. The first-order valence-electron chi connectivity index (χ1n) is 10.5. The molecule has 1 aliphatic carbocycles. The number of nitrogens with zero attached hydrogens (tertiary/aromatic N) is 2. The lowest BCUT2D eigenvalue weighted by atomic mass is 10.0. The molecule has 172 valence electrons. The van der Waals surface area contributed by atoms with Crippen molar-refractivity contribution in [2.45, 2.75) is 35.1 Å². The predicted octanol–water partition coefficient (Wildman–Crippen LogP) is 4.70. The number of benzene rings is 1. The summed E-state index contributed by atoms with van der Waals surface area (Å²) < 4.78 is 37.3. The van der Waals surface area contributed by atoms with Crippen LogP contribution in [0.5, 0.6) is 11.5 Å². The predicted molar refractivity (Wildman–Crippen MR) is 131 cm³/mol. The summed E-state index contributed by atoms with van der Waals surface area (Å²) in [5, 5.41) is 1.79. The monoisotopic (exact) mass is 494 g/mol. The van der Waals surface area contributed by atoms with Crippen LogP contribution in [-0.2, 0) is 9.84 Å². The number of thiazole rings is 1. The summed E-state index contributed by atoms with van der Waals surface area (Å²) in [7, 11) is -0.152. The van der Waals surface area contributed by atoms with E-state index in [0.717, 1.165) is 16.4 Å². The fourth-order valence-corrected chi connectivity index (χ4v) is 7.92. The van der Waals surface area contributed by atoms with E-state index in [9.17, 15) is 8.42 Å². The second-order valence-corrected chi connectivity index (χ2v) is 12.2. The average Bonchev–Trinajstić information content (AvgIpc) is 3.28. The van der Waals surface area contributed by atoms with Crippen LogP contribution in [0.1, 0.15) is 19.8 Å². The SMILES string of the molecule is COc1cc(OC)cc(-c2csc(N3CCC(S(=O)(=O)C4C=CC=CC4(C)Cl)CC3)n2)c1. The number of aromatic nitrogens is 1. The molecular formula is C23H27ClN2O4S2. The molecule has 0 radical (unpaired) electrons. The van der Waals surface area contributed by atoms with Crippen molar-refractivity contribution in [3.63, 3.8) is 0 Å². The summed E-state index contributed by atoms with van der Waals surface area (Å²) in [6.45, 7) is 3.05. The number of sulfone groups is 1. The molecule has 0 N–H and O–H groups in total. The molecule has 1 aromatic carbocycles. The van der Waals surface area contributed by atoms with Gasteiger partial charge in [0.15, 0.2) is 15.0 Å².